The van der Waals surface area contributed by atoms with Crippen LogP contribution in [0.2, 0.25) is 0 Å². The molecule has 76 valence electrons. The molecule has 1 aliphatic carbocycles. The van der Waals surface area contributed by atoms with Gasteiger partial charge in [0.15, 0.2) is 0 Å². The predicted octanol–water partition coefficient (Wildman–Crippen LogP) is -0.530. The number of amides is 1. The zero-order chi connectivity index (χ0) is 9.90. The van der Waals surface area contributed by atoms with Crippen LogP contribution in [0.4, 0.5) is 0 Å². The summed E-state index contributed by atoms with van der Waals surface area (Å²) < 4.78 is 0. The number of hydrogen-bond acceptors (Lipinski definition) is 3. The molecule has 1 saturated carbocycles. The zero-order valence-corrected chi connectivity index (χ0v) is 8.05. The average molecular weight is 186 g/mol. The van der Waals surface area contributed by atoms with Crippen molar-refractivity contribution in [1.29, 1.82) is 0 Å². The minimum Gasteiger partial charge on any atom is -0.396 e. The van der Waals surface area contributed by atoms with Gasteiger partial charge in [-0.05, 0) is 12.8 Å². The summed E-state index contributed by atoms with van der Waals surface area (Å²) in [5.74, 6) is -0.407. The molecule has 1 unspecified atom stereocenters. The number of nitrogens with one attached hydrogen (secondary N) is 1. The second kappa shape index (κ2) is 4.07. The third-order valence-electron chi connectivity index (χ3n) is 2.73. The highest BCUT2D eigenvalue weighted by atomic mass is 16.3. The lowest BCUT2D eigenvalue weighted by atomic mass is 10.1. The molecule has 4 heteroatoms. The van der Waals surface area contributed by atoms with Gasteiger partial charge in [0.1, 0.15) is 0 Å². The highest BCUT2D eigenvalue weighted by Crippen LogP contribution is 2.44. The van der Waals surface area contributed by atoms with Crippen LogP contribution in [0, 0.1) is 11.3 Å². The van der Waals surface area contributed by atoms with E-state index in [1.54, 1.807) is 6.92 Å². The molecule has 1 atom stereocenters. The number of aliphatic hydroxyl groups is 1. The molecule has 0 radical (unpaired) electrons. The van der Waals surface area contributed by atoms with Gasteiger partial charge in [0.05, 0.1) is 0 Å². The van der Waals surface area contributed by atoms with Gasteiger partial charge >= 0.3 is 0 Å². The summed E-state index contributed by atoms with van der Waals surface area (Å²) in [7, 11) is 0. The maximum atomic E-state index is 10.7. The minimum atomic E-state index is -0.277. The minimum absolute atomic E-state index is 0.108. The molecule has 0 aromatic rings. The van der Waals surface area contributed by atoms with E-state index in [0.29, 0.717) is 6.54 Å². The van der Waals surface area contributed by atoms with Crippen molar-refractivity contribution in [3.8, 4) is 0 Å². The van der Waals surface area contributed by atoms with E-state index in [1.165, 1.54) is 0 Å². The molecule has 0 spiro atoms. The Morgan fingerprint density at radius 3 is 2.69 bits per heavy atom. The zero-order valence-electron chi connectivity index (χ0n) is 8.05. The summed E-state index contributed by atoms with van der Waals surface area (Å²) in [6.07, 6.45) is 2.17. The van der Waals surface area contributed by atoms with Crippen LogP contribution >= 0.6 is 0 Å². The van der Waals surface area contributed by atoms with E-state index in [0.717, 1.165) is 19.4 Å². The van der Waals surface area contributed by atoms with Crippen LogP contribution in [0.1, 0.15) is 19.8 Å². The van der Waals surface area contributed by atoms with Gasteiger partial charge < -0.3 is 16.2 Å². The number of carbonyl (C=O) groups excluding carboxylic acids is 1. The number of hydrogen-bond donors (Lipinski definition) is 3. The van der Waals surface area contributed by atoms with Crippen LogP contribution < -0.4 is 11.1 Å². The van der Waals surface area contributed by atoms with Gasteiger partial charge in [-0.3, -0.25) is 4.79 Å². The standard InChI is InChI=1S/C9H18N2O2/c1-7(8(10)13)4-11-5-9(6-12)2-3-9/h7,11-12H,2-6H2,1H3,(H2,10,13). The van der Waals surface area contributed by atoms with Crippen molar-refractivity contribution < 1.29 is 9.90 Å². The van der Waals surface area contributed by atoms with Crippen LogP contribution in [-0.4, -0.2) is 30.7 Å². The lowest BCUT2D eigenvalue weighted by molar-refractivity contribution is -0.121. The molecule has 1 fully saturated rings. The molecule has 0 heterocycles. The third kappa shape index (κ3) is 2.97. The number of primary amides is 1. The molecule has 4 N–H and O–H groups in total. The molecule has 0 saturated heterocycles. The van der Waals surface area contributed by atoms with Crippen molar-refractivity contribution in [3.63, 3.8) is 0 Å². The first-order valence-electron chi connectivity index (χ1n) is 4.70. The highest BCUT2D eigenvalue weighted by Gasteiger charge is 2.41. The Hall–Kier alpha value is -0.610. The molecule has 4 nitrogen and oxygen atoms in total. The highest BCUT2D eigenvalue weighted by molar-refractivity contribution is 5.76. The summed E-state index contributed by atoms with van der Waals surface area (Å²) in [5.41, 5.74) is 5.21. The van der Waals surface area contributed by atoms with E-state index in [9.17, 15) is 4.79 Å². The molecule has 1 amide bonds. The van der Waals surface area contributed by atoms with Gasteiger partial charge in [0.25, 0.3) is 0 Å². The van der Waals surface area contributed by atoms with Crippen LogP contribution in [0.25, 0.3) is 0 Å². The molecule has 0 aliphatic heterocycles. The molecule has 0 bridgehead atoms. The van der Waals surface area contributed by atoms with E-state index >= 15 is 0 Å². The van der Waals surface area contributed by atoms with Gasteiger partial charge in [-0.25, -0.2) is 0 Å². The van der Waals surface area contributed by atoms with E-state index in [2.05, 4.69) is 5.32 Å². The van der Waals surface area contributed by atoms with Crippen molar-refractivity contribution >= 4 is 5.91 Å². The fraction of sp³-hybridized carbons (Fsp3) is 0.889. The quantitative estimate of drug-likeness (QED) is 0.522. The van der Waals surface area contributed by atoms with Crippen LogP contribution in [0.5, 0.6) is 0 Å². The van der Waals surface area contributed by atoms with Gasteiger partial charge in [0, 0.05) is 31.0 Å². The first kappa shape index (κ1) is 10.5. The average Bonchev–Trinajstić information content (AvgIpc) is 2.85. The van der Waals surface area contributed by atoms with Crippen molar-refractivity contribution in [3.05, 3.63) is 0 Å². The number of carbonyl (C=O) groups is 1. The number of nitrogens with two attached hydrogens (primary N) is 1. The third-order valence-corrected chi connectivity index (χ3v) is 2.73. The summed E-state index contributed by atoms with van der Waals surface area (Å²) in [6, 6.07) is 0. The fourth-order valence-electron chi connectivity index (χ4n) is 1.22. The monoisotopic (exact) mass is 186 g/mol. The van der Waals surface area contributed by atoms with Gasteiger partial charge in [-0.1, -0.05) is 6.92 Å². The largest absolute Gasteiger partial charge is 0.396 e. The van der Waals surface area contributed by atoms with E-state index in [4.69, 9.17) is 10.8 Å². The van der Waals surface area contributed by atoms with Crippen LogP contribution in [0.15, 0.2) is 0 Å². The molecule has 13 heavy (non-hydrogen) atoms. The molecule has 1 aliphatic rings. The summed E-state index contributed by atoms with van der Waals surface area (Å²) in [5, 5.41) is 12.2. The van der Waals surface area contributed by atoms with Crippen molar-refractivity contribution in [2.24, 2.45) is 17.1 Å². The lowest BCUT2D eigenvalue weighted by Gasteiger charge is -2.14. The first-order valence-corrected chi connectivity index (χ1v) is 4.70. The second-order valence-electron chi connectivity index (χ2n) is 4.09. The first-order chi connectivity index (χ1) is 6.09. The van der Waals surface area contributed by atoms with Crippen LogP contribution in [0.3, 0.4) is 0 Å². The molecular formula is C9H18N2O2. The Morgan fingerprint density at radius 2 is 2.31 bits per heavy atom. The fourth-order valence-corrected chi connectivity index (χ4v) is 1.22. The normalized spacial score (nSPS) is 21.1. The Labute approximate surface area is 78.5 Å². The SMILES string of the molecule is CC(CNCC1(CO)CC1)C(N)=O. The maximum Gasteiger partial charge on any atom is 0.221 e. The topological polar surface area (TPSA) is 75.3 Å². The summed E-state index contributed by atoms with van der Waals surface area (Å²) in [4.78, 5) is 10.7. The Morgan fingerprint density at radius 1 is 1.69 bits per heavy atom. The van der Waals surface area contributed by atoms with Gasteiger partial charge in [0.2, 0.25) is 5.91 Å². The molecule has 0 aromatic carbocycles. The van der Waals surface area contributed by atoms with E-state index in [-0.39, 0.29) is 23.8 Å². The lowest BCUT2D eigenvalue weighted by Crippen LogP contribution is -2.34. The van der Waals surface area contributed by atoms with Crippen molar-refractivity contribution in [2.45, 2.75) is 19.8 Å². The van der Waals surface area contributed by atoms with Crippen molar-refractivity contribution in [2.75, 3.05) is 19.7 Å². The maximum absolute atomic E-state index is 10.7. The second-order valence-corrected chi connectivity index (χ2v) is 4.09. The number of aliphatic hydroxyl groups excluding tert-OH is 1. The molecule has 1 rings (SSSR count). The Bertz CT molecular complexity index is 190. The van der Waals surface area contributed by atoms with Crippen LogP contribution in [-0.2, 0) is 4.79 Å². The summed E-state index contributed by atoms with van der Waals surface area (Å²) >= 11 is 0. The molecular weight excluding hydrogens is 168 g/mol. The smallest absolute Gasteiger partial charge is 0.221 e. The van der Waals surface area contributed by atoms with E-state index < -0.39 is 0 Å². The molecule has 0 aromatic heterocycles. The van der Waals surface area contributed by atoms with Gasteiger partial charge in [-0.2, -0.15) is 0 Å². The predicted molar refractivity (Wildman–Crippen MR) is 50.0 cm³/mol. The summed E-state index contributed by atoms with van der Waals surface area (Å²) in [6.45, 7) is 3.44. The van der Waals surface area contributed by atoms with Crippen molar-refractivity contribution in [1.82, 2.24) is 5.32 Å². The van der Waals surface area contributed by atoms with E-state index in [1.807, 2.05) is 0 Å². The Balaban J connectivity index is 2.10. The van der Waals surface area contributed by atoms with Gasteiger partial charge in [-0.15, -0.1) is 0 Å². The Kier molecular flexibility index (Phi) is 3.27. The number of rotatable bonds is 6.